The van der Waals surface area contributed by atoms with Gasteiger partial charge in [0.1, 0.15) is 17.9 Å². The lowest BCUT2D eigenvalue weighted by atomic mass is 9.92. The van der Waals surface area contributed by atoms with Crippen LogP contribution >= 0.6 is 11.3 Å². The molecule has 2 heterocycles. The number of carbonyl (C=O) groups excluding carboxylic acids is 3. The van der Waals surface area contributed by atoms with Gasteiger partial charge in [-0.15, -0.1) is 11.3 Å². The quantitative estimate of drug-likeness (QED) is 0.767. The van der Waals surface area contributed by atoms with E-state index in [1.54, 1.807) is 6.20 Å². The van der Waals surface area contributed by atoms with Crippen LogP contribution in [0.15, 0.2) is 30.5 Å². The van der Waals surface area contributed by atoms with Gasteiger partial charge in [-0.1, -0.05) is 32.9 Å². The SMILES string of the molecule is CC(C)(C)c1cnc(NC(=O)CN2C(=O)NC(C)(c3ccc(F)cc3)C2=O)s1. The van der Waals surface area contributed by atoms with Gasteiger partial charge in [0.05, 0.1) is 0 Å². The van der Waals surface area contributed by atoms with Crippen LogP contribution in [0.5, 0.6) is 0 Å². The van der Waals surface area contributed by atoms with Crippen molar-refractivity contribution in [3.63, 3.8) is 0 Å². The molecule has 4 amide bonds. The van der Waals surface area contributed by atoms with E-state index in [0.717, 1.165) is 9.78 Å². The number of imide groups is 1. The Hall–Kier alpha value is -2.81. The topological polar surface area (TPSA) is 91.4 Å². The number of aromatic nitrogens is 1. The molecule has 7 nitrogen and oxygen atoms in total. The summed E-state index contributed by atoms with van der Waals surface area (Å²) in [6.07, 6.45) is 1.69. The van der Waals surface area contributed by atoms with Crippen molar-refractivity contribution in [2.45, 2.75) is 38.6 Å². The molecule has 1 saturated heterocycles. The van der Waals surface area contributed by atoms with Crippen LogP contribution in [0.25, 0.3) is 0 Å². The zero-order valence-electron chi connectivity index (χ0n) is 16.0. The molecule has 2 N–H and O–H groups in total. The van der Waals surface area contributed by atoms with Crippen LogP contribution < -0.4 is 10.6 Å². The highest BCUT2D eigenvalue weighted by molar-refractivity contribution is 7.15. The molecule has 1 aromatic carbocycles. The highest BCUT2D eigenvalue weighted by atomic mass is 32.1. The Morgan fingerprint density at radius 1 is 1.29 bits per heavy atom. The van der Waals surface area contributed by atoms with Crippen molar-refractivity contribution in [1.82, 2.24) is 15.2 Å². The van der Waals surface area contributed by atoms with Gasteiger partial charge in [0.25, 0.3) is 5.91 Å². The average molecular weight is 404 g/mol. The second-order valence-corrected chi connectivity index (χ2v) is 8.81. The van der Waals surface area contributed by atoms with Crippen LogP contribution in [0.4, 0.5) is 14.3 Å². The number of nitrogens with one attached hydrogen (secondary N) is 2. The summed E-state index contributed by atoms with van der Waals surface area (Å²) in [5, 5.41) is 5.61. The van der Waals surface area contributed by atoms with Crippen molar-refractivity contribution in [3.8, 4) is 0 Å². The summed E-state index contributed by atoms with van der Waals surface area (Å²) in [5.41, 5.74) is -1.02. The van der Waals surface area contributed by atoms with Crippen molar-refractivity contribution in [1.29, 1.82) is 0 Å². The summed E-state index contributed by atoms with van der Waals surface area (Å²) in [6, 6.07) is 4.61. The molecule has 2 aromatic rings. The van der Waals surface area contributed by atoms with Crippen molar-refractivity contribution in [2.75, 3.05) is 11.9 Å². The van der Waals surface area contributed by atoms with E-state index in [1.165, 1.54) is 42.5 Å². The van der Waals surface area contributed by atoms with Gasteiger partial charge in [-0.25, -0.2) is 14.2 Å². The summed E-state index contributed by atoms with van der Waals surface area (Å²) in [5.74, 6) is -1.55. The zero-order chi connectivity index (χ0) is 20.7. The molecule has 1 aliphatic rings. The van der Waals surface area contributed by atoms with Gasteiger partial charge in [-0.3, -0.25) is 14.5 Å². The van der Waals surface area contributed by atoms with Crippen LogP contribution in [0.2, 0.25) is 0 Å². The molecular weight excluding hydrogens is 383 g/mol. The molecule has 1 unspecified atom stereocenters. The molecule has 0 bridgehead atoms. The van der Waals surface area contributed by atoms with Gasteiger partial charge in [-0.2, -0.15) is 0 Å². The Morgan fingerprint density at radius 3 is 2.50 bits per heavy atom. The first-order valence-electron chi connectivity index (χ1n) is 8.67. The van der Waals surface area contributed by atoms with Crippen LogP contribution in [0, 0.1) is 5.82 Å². The maximum absolute atomic E-state index is 13.2. The predicted octanol–water partition coefficient (Wildman–Crippen LogP) is 2.99. The van der Waals surface area contributed by atoms with Crippen molar-refractivity contribution in [2.24, 2.45) is 0 Å². The largest absolute Gasteiger partial charge is 0.325 e. The molecule has 0 aliphatic carbocycles. The van der Waals surface area contributed by atoms with E-state index in [4.69, 9.17) is 0 Å². The van der Waals surface area contributed by atoms with Gasteiger partial charge in [-0.05, 0) is 30.0 Å². The molecule has 1 aromatic heterocycles. The number of amides is 4. The summed E-state index contributed by atoms with van der Waals surface area (Å²) >= 11 is 1.34. The van der Waals surface area contributed by atoms with E-state index in [9.17, 15) is 18.8 Å². The molecule has 1 fully saturated rings. The van der Waals surface area contributed by atoms with E-state index in [1.807, 2.05) is 20.8 Å². The van der Waals surface area contributed by atoms with Gasteiger partial charge >= 0.3 is 6.03 Å². The lowest BCUT2D eigenvalue weighted by Gasteiger charge is -2.22. The van der Waals surface area contributed by atoms with E-state index < -0.39 is 35.7 Å². The number of hydrogen-bond acceptors (Lipinski definition) is 5. The Balaban J connectivity index is 1.71. The van der Waals surface area contributed by atoms with Gasteiger partial charge in [0.2, 0.25) is 5.91 Å². The zero-order valence-corrected chi connectivity index (χ0v) is 16.8. The minimum Gasteiger partial charge on any atom is -0.319 e. The fourth-order valence-electron chi connectivity index (χ4n) is 2.80. The molecule has 1 aliphatic heterocycles. The maximum Gasteiger partial charge on any atom is 0.325 e. The normalized spacial score (nSPS) is 19.7. The average Bonchev–Trinajstić information content (AvgIpc) is 3.15. The Kier molecular flexibility index (Phi) is 4.97. The van der Waals surface area contributed by atoms with Crippen LogP contribution in [-0.4, -0.2) is 34.3 Å². The van der Waals surface area contributed by atoms with Gasteiger partial charge < -0.3 is 10.6 Å². The molecule has 28 heavy (non-hydrogen) atoms. The highest BCUT2D eigenvalue weighted by Gasteiger charge is 2.49. The fraction of sp³-hybridized carbons (Fsp3) is 0.368. The molecule has 0 radical (unpaired) electrons. The number of hydrogen-bond donors (Lipinski definition) is 2. The lowest BCUT2D eigenvalue weighted by Crippen LogP contribution is -2.42. The first kappa shape index (κ1) is 19.9. The monoisotopic (exact) mass is 404 g/mol. The minimum absolute atomic E-state index is 0.0948. The number of carbonyl (C=O) groups is 3. The Labute approximate surface area is 166 Å². The van der Waals surface area contributed by atoms with Crippen LogP contribution in [-0.2, 0) is 20.5 Å². The molecule has 3 rings (SSSR count). The van der Waals surface area contributed by atoms with Gasteiger partial charge in [0.15, 0.2) is 5.13 Å². The van der Waals surface area contributed by atoms with Crippen molar-refractivity contribution < 1.29 is 18.8 Å². The highest BCUT2D eigenvalue weighted by Crippen LogP contribution is 2.31. The standard InChI is InChI=1S/C19H21FN4O3S/c1-18(2,3)13-9-21-16(28-13)22-14(25)10-24-15(26)19(4,23-17(24)27)11-5-7-12(20)8-6-11/h5-9H,10H2,1-4H3,(H,23,27)(H,21,22,25). The van der Waals surface area contributed by atoms with Crippen molar-refractivity contribution in [3.05, 3.63) is 46.7 Å². The number of nitrogens with zero attached hydrogens (tertiary/aromatic N) is 2. The molecule has 1 atom stereocenters. The number of anilines is 1. The maximum atomic E-state index is 13.2. The molecule has 0 spiro atoms. The Bertz CT molecular complexity index is 935. The van der Waals surface area contributed by atoms with Crippen molar-refractivity contribution >= 4 is 34.3 Å². The lowest BCUT2D eigenvalue weighted by molar-refractivity contribution is -0.133. The fourth-order valence-corrected chi connectivity index (χ4v) is 3.69. The third-order valence-electron chi connectivity index (χ3n) is 4.49. The van der Waals surface area contributed by atoms with E-state index in [0.29, 0.717) is 10.7 Å². The summed E-state index contributed by atoms with van der Waals surface area (Å²) < 4.78 is 13.2. The smallest absolute Gasteiger partial charge is 0.319 e. The summed E-state index contributed by atoms with van der Waals surface area (Å²) in [4.78, 5) is 43.4. The van der Waals surface area contributed by atoms with E-state index >= 15 is 0 Å². The van der Waals surface area contributed by atoms with Crippen LogP contribution in [0.1, 0.15) is 38.1 Å². The first-order chi connectivity index (χ1) is 13.0. The number of thiazole rings is 1. The third-order valence-corrected chi connectivity index (χ3v) is 5.83. The summed E-state index contributed by atoms with van der Waals surface area (Å²) in [7, 11) is 0. The summed E-state index contributed by atoms with van der Waals surface area (Å²) in [6.45, 7) is 7.20. The minimum atomic E-state index is -1.36. The third kappa shape index (κ3) is 3.75. The van der Waals surface area contributed by atoms with E-state index in [2.05, 4.69) is 15.6 Å². The van der Waals surface area contributed by atoms with Gasteiger partial charge in [0, 0.05) is 11.1 Å². The molecule has 148 valence electrons. The number of benzene rings is 1. The first-order valence-corrected chi connectivity index (χ1v) is 9.48. The molecular formula is C19H21FN4O3S. The number of urea groups is 1. The second kappa shape index (κ2) is 6.97. The predicted molar refractivity (Wildman–Crippen MR) is 103 cm³/mol. The Morgan fingerprint density at radius 2 is 1.93 bits per heavy atom. The molecule has 9 heteroatoms. The second-order valence-electron chi connectivity index (χ2n) is 7.78. The molecule has 0 saturated carbocycles. The number of rotatable bonds is 4. The van der Waals surface area contributed by atoms with E-state index in [-0.39, 0.29) is 5.41 Å². The number of halogens is 1. The van der Waals surface area contributed by atoms with Crippen LogP contribution in [0.3, 0.4) is 0 Å².